The van der Waals surface area contributed by atoms with E-state index in [-0.39, 0.29) is 17.7 Å². The molecule has 1 N–H and O–H groups in total. The van der Waals surface area contributed by atoms with Crippen molar-refractivity contribution in [2.24, 2.45) is 5.92 Å². The van der Waals surface area contributed by atoms with Gasteiger partial charge in [-0.05, 0) is 50.5 Å². The minimum atomic E-state index is 0.0652. The van der Waals surface area contributed by atoms with Gasteiger partial charge in [-0.3, -0.25) is 4.68 Å². The van der Waals surface area contributed by atoms with E-state index in [0.29, 0.717) is 12.5 Å². The fourth-order valence-electron chi connectivity index (χ4n) is 4.92. The Balaban J connectivity index is 1.18. The maximum absolute atomic E-state index is 12.6. The Morgan fingerprint density at radius 1 is 1.23 bits per heavy atom. The SMILES string of the molecule is O=C(N[C@@H]1COC2(CCCCC2)C1)N1CCC(CCn2cccn2)CC1. The minimum absolute atomic E-state index is 0.0652. The number of carbonyl (C=O) groups excluding carboxylic acids is 1. The van der Waals surface area contributed by atoms with Crippen molar-refractivity contribution >= 4 is 6.03 Å². The highest BCUT2D eigenvalue weighted by Crippen LogP contribution is 2.39. The molecule has 1 atom stereocenters. The molecule has 0 unspecified atom stereocenters. The molecule has 3 heterocycles. The van der Waals surface area contributed by atoms with Crippen molar-refractivity contribution in [2.75, 3.05) is 19.7 Å². The number of piperidine rings is 1. The summed E-state index contributed by atoms with van der Waals surface area (Å²) in [6.07, 6.45) is 14.4. The van der Waals surface area contributed by atoms with Gasteiger partial charge in [-0.2, -0.15) is 5.10 Å². The van der Waals surface area contributed by atoms with E-state index >= 15 is 0 Å². The van der Waals surface area contributed by atoms with Crippen LogP contribution in [0.3, 0.4) is 0 Å². The Labute approximate surface area is 156 Å². The molecule has 1 saturated carbocycles. The van der Waals surface area contributed by atoms with Crippen LogP contribution in [0.4, 0.5) is 4.79 Å². The van der Waals surface area contributed by atoms with E-state index in [0.717, 1.165) is 45.3 Å². The standard InChI is InChI=1S/C20H32N4O2/c25-19(22-18-15-20(26-16-18)8-2-1-3-9-20)23-12-5-17(6-13-23)7-14-24-11-4-10-21-24/h4,10-11,17-18H,1-3,5-9,12-16H2,(H,22,25)/t18-/m0/s1. The van der Waals surface area contributed by atoms with Gasteiger partial charge in [0, 0.05) is 32.0 Å². The van der Waals surface area contributed by atoms with Crippen LogP contribution in [0, 0.1) is 5.92 Å². The number of hydrogen-bond donors (Lipinski definition) is 1. The van der Waals surface area contributed by atoms with Crippen molar-refractivity contribution in [1.82, 2.24) is 20.0 Å². The Bertz CT molecular complexity index is 575. The summed E-state index contributed by atoms with van der Waals surface area (Å²) in [6.45, 7) is 3.40. The average molecular weight is 361 g/mol. The van der Waals surface area contributed by atoms with Crippen molar-refractivity contribution in [1.29, 1.82) is 0 Å². The van der Waals surface area contributed by atoms with Gasteiger partial charge in [0.05, 0.1) is 18.2 Å². The van der Waals surface area contributed by atoms with Gasteiger partial charge >= 0.3 is 6.03 Å². The summed E-state index contributed by atoms with van der Waals surface area (Å²) in [5.41, 5.74) is 0.0652. The molecule has 0 bridgehead atoms. The molecule has 1 aromatic heterocycles. The van der Waals surface area contributed by atoms with E-state index in [2.05, 4.69) is 10.4 Å². The maximum Gasteiger partial charge on any atom is 0.317 e. The minimum Gasteiger partial charge on any atom is -0.373 e. The van der Waals surface area contributed by atoms with Crippen molar-refractivity contribution in [3.63, 3.8) is 0 Å². The summed E-state index contributed by atoms with van der Waals surface area (Å²) < 4.78 is 8.13. The second kappa shape index (κ2) is 7.99. The molecule has 1 spiro atoms. The number of rotatable bonds is 4. The summed E-state index contributed by atoms with van der Waals surface area (Å²) in [7, 11) is 0. The van der Waals surface area contributed by atoms with E-state index < -0.39 is 0 Å². The molecule has 3 fully saturated rings. The van der Waals surface area contributed by atoms with Crippen LogP contribution in [0.1, 0.15) is 57.8 Å². The quantitative estimate of drug-likeness (QED) is 0.897. The number of likely N-dealkylation sites (tertiary alicyclic amines) is 1. The first-order chi connectivity index (χ1) is 12.7. The molecule has 3 aliphatic rings. The first-order valence-corrected chi connectivity index (χ1v) is 10.4. The fourth-order valence-corrected chi connectivity index (χ4v) is 4.92. The summed E-state index contributed by atoms with van der Waals surface area (Å²) in [4.78, 5) is 14.6. The second-order valence-corrected chi connectivity index (χ2v) is 8.39. The Kier molecular flexibility index (Phi) is 5.48. The first-order valence-electron chi connectivity index (χ1n) is 10.4. The zero-order chi connectivity index (χ0) is 17.8. The zero-order valence-corrected chi connectivity index (χ0v) is 15.7. The fraction of sp³-hybridized carbons (Fsp3) is 0.800. The van der Waals surface area contributed by atoms with Crippen LogP contribution in [-0.4, -0.2) is 52.1 Å². The Morgan fingerprint density at radius 2 is 2.04 bits per heavy atom. The Morgan fingerprint density at radius 3 is 2.77 bits per heavy atom. The number of ether oxygens (including phenoxy) is 1. The third-order valence-electron chi connectivity index (χ3n) is 6.53. The second-order valence-electron chi connectivity index (χ2n) is 8.39. The largest absolute Gasteiger partial charge is 0.373 e. The number of amides is 2. The number of nitrogens with zero attached hydrogens (tertiary/aromatic N) is 3. The monoisotopic (exact) mass is 360 g/mol. The number of nitrogens with one attached hydrogen (secondary N) is 1. The van der Waals surface area contributed by atoms with Crippen molar-refractivity contribution in [2.45, 2.75) is 76.0 Å². The van der Waals surface area contributed by atoms with Crippen LogP contribution >= 0.6 is 0 Å². The summed E-state index contributed by atoms with van der Waals surface area (Å²) in [6, 6.07) is 2.27. The third kappa shape index (κ3) is 4.22. The smallest absolute Gasteiger partial charge is 0.317 e. The number of hydrogen-bond acceptors (Lipinski definition) is 3. The molecule has 0 aromatic carbocycles. The summed E-state index contributed by atoms with van der Waals surface area (Å²) >= 11 is 0. The number of aromatic nitrogens is 2. The lowest BCUT2D eigenvalue weighted by Gasteiger charge is -2.33. The normalized spacial score (nSPS) is 26.3. The number of carbonyl (C=O) groups is 1. The average Bonchev–Trinajstić information content (AvgIpc) is 3.32. The summed E-state index contributed by atoms with van der Waals surface area (Å²) in [5.74, 6) is 0.698. The van der Waals surface area contributed by atoms with Gasteiger partial charge in [0.2, 0.25) is 0 Å². The van der Waals surface area contributed by atoms with Crippen molar-refractivity contribution < 1.29 is 9.53 Å². The topological polar surface area (TPSA) is 59.4 Å². The third-order valence-corrected chi connectivity index (χ3v) is 6.53. The molecule has 1 aliphatic carbocycles. The molecule has 2 amide bonds. The lowest BCUT2D eigenvalue weighted by molar-refractivity contribution is -0.0246. The summed E-state index contributed by atoms with van der Waals surface area (Å²) in [5, 5.41) is 7.50. The number of urea groups is 1. The van der Waals surface area contributed by atoms with E-state index in [9.17, 15) is 4.79 Å². The molecule has 1 aromatic rings. The van der Waals surface area contributed by atoms with Gasteiger partial charge < -0.3 is 15.0 Å². The van der Waals surface area contributed by atoms with Gasteiger partial charge in [0.25, 0.3) is 0 Å². The maximum atomic E-state index is 12.6. The highest BCUT2D eigenvalue weighted by Gasteiger charge is 2.41. The van der Waals surface area contributed by atoms with Gasteiger partial charge in [0.15, 0.2) is 0 Å². The van der Waals surface area contributed by atoms with Crippen LogP contribution in [0.15, 0.2) is 18.5 Å². The molecule has 2 saturated heterocycles. The highest BCUT2D eigenvalue weighted by atomic mass is 16.5. The molecule has 6 nitrogen and oxygen atoms in total. The van der Waals surface area contributed by atoms with E-state index in [1.165, 1.54) is 32.1 Å². The zero-order valence-electron chi connectivity index (χ0n) is 15.7. The van der Waals surface area contributed by atoms with Crippen LogP contribution in [0.25, 0.3) is 0 Å². The van der Waals surface area contributed by atoms with Crippen LogP contribution in [0.5, 0.6) is 0 Å². The molecule has 0 radical (unpaired) electrons. The first kappa shape index (κ1) is 17.8. The Hall–Kier alpha value is -1.56. The molecule has 4 rings (SSSR count). The van der Waals surface area contributed by atoms with E-state index in [1.807, 2.05) is 28.0 Å². The molecular formula is C20H32N4O2. The predicted octanol–water partition coefficient (Wildman–Crippen LogP) is 3.19. The molecular weight excluding hydrogens is 328 g/mol. The highest BCUT2D eigenvalue weighted by molar-refractivity contribution is 5.74. The molecule has 2 aliphatic heterocycles. The van der Waals surface area contributed by atoms with Gasteiger partial charge in [0.1, 0.15) is 0 Å². The van der Waals surface area contributed by atoms with Gasteiger partial charge in [-0.25, -0.2) is 4.79 Å². The molecule has 6 heteroatoms. The van der Waals surface area contributed by atoms with Crippen LogP contribution in [-0.2, 0) is 11.3 Å². The lowest BCUT2D eigenvalue weighted by atomic mass is 9.82. The van der Waals surface area contributed by atoms with Gasteiger partial charge in [-0.15, -0.1) is 0 Å². The van der Waals surface area contributed by atoms with E-state index in [1.54, 1.807) is 0 Å². The van der Waals surface area contributed by atoms with Crippen molar-refractivity contribution in [3.05, 3.63) is 18.5 Å². The van der Waals surface area contributed by atoms with Crippen LogP contribution < -0.4 is 5.32 Å². The predicted molar refractivity (Wildman–Crippen MR) is 99.8 cm³/mol. The van der Waals surface area contributed by atoms with Crippen LogP contribution in [0.2, 0.25) is 0 Å². The number of aryl methyl sites for hydroxylation is 1. The lowest BCUT2D eigenvalue weighted by Crippen LogP contribution is -2.48. The van der Waals surface area contributed by atoms with E-state index in [4.69, 9.17) is 4.74 Å². The van der Waals surface area contributed by atoms with Crippen molar-refractivity contribution in [3.8, 4) is 0 Å². The molecule has 26 heavy (non-hydrogen) atoms. The van der Waals surface area contributed by atoms with Gasteiger partial charge in [-0.1, -0.05) is 19.3 Å². The molecule has 144 valence electrons.